The highest BCUT2D eigenvalue weighted by atomic mass is 19.4. The molecular formula is C28H30F7NO3. The van der Waals surface area contributed by atoms with Crippen molar-refractivity contribution in [3.63, 3.8) is 0 Å². The van der Waals surface area contributed by atoms with Gasteiger partial charge in [-0.1, -0.05) is 12.1 Å². The molecule has 2 aliphatic rings. The molecule has 2 fully saturated rings. The quantitative estimate of drug-likeness (QED) is 0.361. The van der Waals surface area contributed by atoms with E-state index in [0.717, 1.165) is 5.56 Å². The molecule has 214 valence electrons. The summed E-state index contributed by atoms with van der Waals surface area (Å²) in [5, 5.41) is 9.27. The number of nitrogens with zero attached hydrogens (tertiary/aromatic N) is 1. The molecule has 1 saturated carbocycles. The third-order valence-corrected chi connectivity index (χ3v) is 7.87. The van der Waals surface area contributed by atoms with Crippen LogP contribution in [0, 0.1) is 17.7 Å². The predicted octanol–water partition coefficient (Wildman–Crippen LogP) is 7.30. The zero-order valence-corrected chi connectivity index (χ0v) is 21.2. The van der Waals surface area contributed by atoms with Crippen LogP contribution in [0.4, 0.5) is 30.7 Å². The van der Waals surface area contributed by atoms with E-state index in [2.05, 4.69) is 4.90 Å². The molecule has 1 aliphatic heterocycles. The minimum atomic E-state index is -4.96. The summed E-state index contributed by atoms with van der Waals surface area (Å²) in [5.41, 5.74) is -2.25. The second-order valence-corrected chi connectivity index (χ2v) is 10.5. The monoisotopic (exact) mass is 561 g/mol. The second kappa shape index (κ2) is 11.4. The Hall–Kier alpha value is -2.66. The minimum Gasteiger partial charge on any atom is -0.481 e. The van der Waals surface area contributed by atoms with E-state index in [0.29, 0.717) is 57.5 Å². The summed E-state index contributed by atoms with van der Waals surface area (Å²) in [4.78, 5) is 13.5. The third kappa shape index (κ3) is 7.11. The second-order valence-electron chi connectivity index (χ2n) is 10.5. The highest BCUT2D eigenvalue weighted by molar-refractivity contribution is 5.70. The van der Waals surface area contributed by atoms with Gasteiger partial charge in [-0.3, -0.25) is 4.79 Å². The van der Waals surface area contributed by atoms with Crippen molar-refractivity contribution >= 4 is 5.97 Å². The van der Waals surface area contributed by atoms with Gasteiger partial charge in [-0.2, -0.15) is 26.3 Å². The summed E-state index contributed by atoms with van der Waals surface area (Å²) in [7, 11) is 0. The normalized spacial score (nSPS) is 24.2. The van der Waals surface area contributed by atoms with Gasteiger partial charge in [0.15, 0.2) is 0 Å². The molecule has 2 aromatic rings. The van der Waals surface area contributed by atoms with E-state index < -0.39 is 47.5 Å². The standard InChI is InChI=1S/C28H30F7NO3/c1-16(20-12-21(27(30,31)32)14-22(13-20)28(33,34)35)39-24-7-4-19(25(24)17-2-5-23(29)6-3-17)15-36-10-8-18(9-11-36)26(37)38/h2-3,5-6,12-14,16,18-19,24-25H,4,7-11,15H2,1H3,(H,37,38). The Kier molecular flexibility index (Phi) is 8.61. The number of likely N-dealkylation sites (tertiary alicyclic amines) is 1. The van der Waals surface area contributed by atoms with E-state index in [9.17, 15) is 40.6 Å². The van der Waals surface area contributed by atoms with Gasteiger partial charge in [-0.15, -0.1) is 0 Å². The number of benzene rings is 2. The van der Waals surface area contributed by atoms with Crippen LogP contribution in [0.5, 0.6) is 0 Å². The molecule has 39 heavy (non-hydrogen) atoms. The van der Waals surface area contributed by atoms with Crippen LogP contribution >= 0.6 is 0 Å². The lowest BCUT2D eigenvalue weighted by molar-refractivity contribution is -0.144. The largest absolute Gasteiger partial charge is 0.481 e. The molecule has 0 bridgehead atoms. The number of aliphatic carboxylic acids is 1. The van der Waals surface area contributed by atoms with Crippen molar-refractivity contribution in [1.82, 2.24) is 4.90 Å². The van der Waals surface area contributed by atoms with Crippen LogP contribution < -0.4 is 0 Å². The minimum absolute atomic E-state index is 0.0290. The number of carbonyl (C=O) groups is 1. The van der Waals surface area contributed by atoms with Gasteiger partial charge in [0, 0.05) is 12.5 Å². The van der Waals surface area contributed by atoms with Crippen LogP contribution in [0.15, 0.2) is 42.5 Å². The number of halogens is 7. The number of carboxylic acid groups (broad SMARTS) is 1. The van der Waals surface area contributed by atoms with E-state index >= 15 is 0 Å². The molecule has 2 aromatic carbocycles. The summed E-state index contributed by atoms with van der Waals surface area (Å²) in [6.07, 6.45) is -9.24. The maximum absolute atomic E-state index is 13.7. The van der Waals surface area contributed by atoms with Crippen molar-refractivity contribution in [2.24, 2.45) is 11.8 Å². The Morgan fingerprint density at radius 1 is 0.949 bits per heavy atom. The third-order valence-electron chi connectivity index (χ3n) is 7.87. The summed E-state index contributed by atoms with van der Waals surface area (Å²) in [6, 6.07) is 7.34. The van der Waals surface area contributed by atoms with Crippen molar-refractivity contribution in [2.75, 3.05) is 19.6 Å². The fourth-order valence-corrected chi connectivity index (χ4v) is 5.82. The van der Waals surface area contributed by atoms with Crippen molar-refractivity contribution in [1.29, 1.82) is 0 Å². The van der Waals surface area contributed by atoms with Gasteiger partial charge in [-0.05, 0) is 93.1 Å². The molecule has 1 aliphatic carbocycles. The first-order valence-corrected chi connectivity index (χ1v) is 12.9. The number of ether oxygens (including phenoxy) is 1. The number of alkyl halides is 6. The van der Waals surface area contributed by atoms with E-state index in [1.165, 1.54) is 19.1 Å². The summed E-state index contributed by atoms with van der Waals surface area (Å²) < 4.78 is 100. The molecule has 0 amide bonds. The van der Waals surface area contributed by atoms with Gasteiger partial charge < -0.3 is 14.7 Å². The lowest BCUT2D eigenvalue weighted by Gasteiger charge is -2.35. The van der Waals surface area contributed by atoms with Crippen LogP contribution in [0.1, 0.15) is 66.9 Å². The Morgan fingerprint density at radius 2 is 1.51 bits per heavy atom. The fraction of sp³-hybridized carbons (Fsp3) is 0.536. The average Bonchev–Trinajstić information content (AvgIpc) is 3.25. The first kappa shape index (κ1) is 29.3. The highest BCUT2D eigenvalue weighted by Gasteiger charge is 2.41. The van der Waals surface area contributed by atoms with Gasteiger partial charge in [-0.25, -0.2) is 4.39 Å². The number of hydrogen-bond donors (Lipinski definition) is 1. The van der Waals surface area contributed by atoms with Gasteiger partial charge in [0.1, 0.15) is 5.82 Å². The average molecular weight is 562 g/mol. The van der Waals surface area contributed by atoms with Crippen LogP contribution in [0.3, 0.4) is 0 Å². The number of carboxylic acids is 1. The van der Waals surface area contributed by atoms with Crippen molar-refractivity contribution < 1.29 is 45.4 Å². The SMILES string of the molecule is CC(OC1CCC(CN2CCC(C(=O)O)CC2)C1c1ccc(F)cc1)c1cc(C(F)(F)F)cc(C(F)(F)F)c1. The van der Waals surface area contributed by atoms with Crippen molar-refractivity contribution in [3.8, 4) is 0 Å². The molecule has 4 atom stereocenters. The highest BCUT2D eigenvalue weighted by Crippen LogP contribution is 2.45. The topological polar surface area (TPSA) is 49.8 Å². The molecule has 0 aromatic heterocycles. The van der Waals surface area contributed by atoms with Crippen LogP contribution in [0.25, 0.3) is 0 Å². The van der Waals surface area contributed by atoms with E-state index in [4.69, 9.17) is 4.74 Å². The number of hydrogen-bond acceptors (Lipinski definition) is 3. The molecular weight excluding hydrogens is 531 g/mol. The van der Waals surface area contributed by atoms with Crippen molar-refractivity contribution in [3.05, 3.63) is 70.5 Å². The van der Waals surface area contributed by atoms with Crippen molar-refractivity contribution in [2.45, 2.75) is 63.1 Å². The first-order chi connectivity index (χ1) is 18.2. The van der Waals surface area contributed by atoms with E-state index in [1.807, 2.05) is 0 Å². The Labute approximate surface area is 221 Å². The first-order valence-electron chi connectivity index (χ1n) is 12.9. The van der Waals surface area contributed by atoms with Gasteiger partial charge in [0.2, 0.25) is 0 Å². The molecule has 0 radical (unpaired) electrons. The van der Waals surface area contributed by atoms with Gasteiger partial charge >= 0.3 is 18.3 Å². The molecule has 4 nitrogen and oxygen atoms in total. The Balaban J connectivity index is 1.56. The molecule has 4 unspecified atom stereocenters. The molecule has 11 heteroatoms. The fourth-order valence-electron chi connectivity index (χ4n) is 5.82. The van der Waals surface area contributed by atoms with Gasteiger partial charge in [0.05, 0.1) is 29.3 Å². The zero-order valence-electron chi connectivity index (χ0n) is 21.2. The molecule has 1 N–H and O–H groups in total. The van der Waals surface area contributed by atoms with Crippen LogP contribution in [0.2, 0.25) is 0 Å². The van der Waals surface area contributed by atoms with Gasteiger partial charge in [0.25, 0.3) is 0 Å². The molecule has 1 saturated heterocycles. The zero-order chi connectivity index (χ0) is 28.5. The number of piperidine rings is 1. The van der Waals surface area contributed by atoms with E-state index in [1.54, 1.807) is 12.1 Å². The lowest BCUT2D eigenvalue weighted by Crippen LogP contribution is -2.40. The maximum atomic E-state index is 13.7. The Bertz CT molecular complexity index is 1110. The van der Waals surface area contributed by atoms with E-state index in [-0.39, 0.29) is 29.4 Å². The van der Waals surface area contributed by atoms with Crippen LogP contribution in [-0.2, 0) is 21.9 Å². The predicted molar refractivity (Wildman–Crippen MR) is 128 cm³/mol. The molecule has 1 heterocycles. The molecule has 0 spiro atoms. The maximum Gasteiger partial charge on any atom is 0.416 e. The van der Waals surface area contributed by atoms with Crippen LogP contribution in [-0.4, -0.2) is 41.7 Å². The lowest BCUT2D eigenvalue weighted by atomic mass is 9.86. The summed E-state index contributed by atoms with van der Waals surface area (Å²) >= 11 is 0. The smallest absolute Gasteiger partial charge is 0.416 e. The summed E-state index contributed by atoms with van der Waals surface area (Å²) in [6.45, 7) is 3.28. The number of rotatable bonds is 7. The Morgan fingerprint density at radius 3 is 2.03 bits per heavy atom. The molecule has 4 rings (SSSR count). The summed E-state index contributed by atoms with van der Waals surface area (Å²) in [5.74, 6) is -1.87.